The average Bonchev–Trinajstić information content (AvgIpc) is 2.72. The number of unbranched alkanes of at least 4 members (excludes halogenated alkanes) is 2. The Kier molecular flexibility index (Phi) is 4.81. The molecule has 2 aromatic rings. The highest BCUT2D eigenvalue weighted by atomic mass is 32.1. The van der Waals surface area contributed by atoms with Crippen LogP contribution in [0.5, 0.6) is 5.75 Å². The van der Waals surface area contributed by atoms with Crippen LogP contribution in [-0.2, 0) is 0 Å². The molecule has 0 aliphatic carbocycles. The zero-order chi connectivity index (χ0) is 14.7. The lowest BCUT2D eigenvalue weighted by Crippen LogP contribution is -2.05. The summed E-state index contributed by atoms with van der Waals surface area (Å²) in [7, 11) is 1.47. The Bertz CT molecular complexity index is 647. The smallest absolute Gasteiger partial charge is 0.178 e. The molecule has 0 aliphatic heterocycles. The molecule has 0 radical (unpaired) electrons. The Morgan fingerprint density at radius 2 is 2.15 bits per heavy atom. The minimum Gasteiger partial charge on any atom is -0.494 e. The summed E-state index contributed by atoms with van der Waals surface area (Å²) in [6.07, 6.45) is 4.65. The number of hydrogen-bond donors (Lipinski definition) is 1. The van der Waals surface area contributed by atoms with E-state index in [4.69, 9.17) is 17.0 Å². The van der Waals surface area contributed by atoms with E-state index in [0.29, 0.717) is 4.77 Å². The molecule has 3 nitrogen and oxygen atoms in total. The Morgan fingerprint density at radius 1 is 1.40 bits per heavy atom. The summed E-state index contributed by atoms with van der Waals surface area (Å²) in [5.74, 6) is -0.122. The van der Waals surface area contributed by atoms with Crippen LogP contribution in [0.15, 0.2) is 12.1 Å². The summed E-state index contributed by atoms with van der Waals surface area (Å²) in [6, 6.07) is 3.45. The Morgan fingerprint density at radius 3 is 2.80 bits per heavy atom. The van der Waals surface area contributed by atoms with Gasteiger partial charge in [-0.25, -0.2) is 4.39 Å². The maximum atomic E-state index is 13.7. The fourth-order valence-corrected chi connectivity index (χ4v) is 2.93. The van der Waals surface area contributed by atoms with Crippen molar-refractivity contribution in [1.82, 2.24) is 9.55 Å². The summed E-state index contributed by atoms with van der Waals surface area (Å²) in [5, 5.41) is 0. The highest BCUT2D eigenvalue weighted by Gasteiger charge is 2.14. The van der Waals surface area contributed by atoms with Crippen molar-refractivity contribution in [2.24, 2.45) is 0 Å². The predicted octanol–water partition coefficient (Wildman–Crippen LogP) is 4.99. The summed E-state index contributed by atoms with van der Waals surface area (Å²) in [4.78, 5) is 3.07. The summed E-state index contributed by atoms with van der Waals surface area (Å²) < 4.78 is 21.5. The minimum atomic E-state index is -0.373. The van der Waals surface area contributed by atoms with Gasteiger partial charge in [-0.15, -0.1) is 0 Å². The number of rotatable bonds is 6. The molecule has 20 heavy (non-hydrogen) atoms. The van der Waals surface area contributed by atoms with Gasteiger partial charge in [0, 0.05) is 18.2 Å². The molecule has 0 bridgehead atoms. The van der Waals surface area contributed by atoms with Gasteiger partial charge in [-0.1, -0.05) is 26.2 Å². The van der Waals surface area contributed by atoms with Gasteiger partial charge in [0.2, 0.25) is 0 Å². The van der Waals surface area contributed by atoms with Crippen LogP contribution in [0.25, 0.3) is 11.0 Å². The average molecular weight is 296 g/mol. The van der Waals surface area contributed by atoms with Crippen LogP contribution in [0.1, 0.15) is 45.6 Å². The second kappa shape index (κ2) is 6.39. The maximum Gasteiger partial charge on any atom is 0.178 e. The molecule has 110 valence electrons. The number of imidazole rings is 1. The number of benzene rings is 1. The molecule has 1 N–H and O–H groups in total. The molecule has 0 spiro atoms. The molecule has 1 aromatic carbocycles. The van der Waals surface area contributed by atoms with Gasteiger partial charge in [0.05, 0.1) is 18.1 Å². The number of fused-ring (bicyclic) bond motifs is 1. The zero-order valence-electron chi connectivity index (χ0n) is 12.2. The quantitative estimate of drug-likeness (QED) is 0.601. The van der Waals surface area contributed by atoms with Crippen LogP contribution in [0.2, 0.25) is 0 Å². The fourth-order valence-electron chi connectivity index (χ4n) is 2.54. The van der Waals surface area contributed by atoms with Crippen LogP contribution in [0.3, 0.4) is 0 Å². The third kappa shape index (κ3) is 2.87. The summed E-state index contributed by atoms with van der Waals surface area (Å²) in [6.45, 7) is 4.34. The van der Waals surface area contributed by atoms with E-state index in [-0.39, 0.29) is 17.6 Å². The molecular weight excluding hydrogens is 275 g/mol. The number of nitrogens with one attached hydrogen (secondary N) is 1. The predicted molar refractivity (Wildman–Crippen MR) is 82.5 cm³/mol. The van der Waals surface area contributed by atoms with Gasteiger partial charge in [-0.2, -0.15) is 0 Å². The van der Waals surface area contributed by atoms with Crippen molar-refractivity contribution in [3.05, 3.63) is 22.7 Å². The second-order valence-electron chi connectivity index (χ2n) is 5.15. The number of nitrogens with zero attached hydrogens (tertiary/aromatic N) is 1. The molecule has 0 saturated carbocycles. The Balaban J connectivity index is 2.41. The molecule has 0 fully saturated rings. The molecule has 0 saturated heterocycles. The molecule has 5 heteroatoms. The topological polar surface area (TPSA) is 29.9 Å². The van der Waals surface area contributed by atoms with Gasteiger partial charge in [0.25, 0.3) is 0 Å². The first-order valence-corrected chi connectivity index (χ1v) is 7.47. The molecule has 1 unspecified atom stereocenters. The van der Waals surface area contributed by atoms with E-state index in [9.17, 15) is 4.39 Å². The van der Waals surface area contributed by atoms with E-state index in [1.807, 2.05) is 0 Å². The van der Waals surface area contributed by atoms with Crippen molar-refractivity contribution in [2.75, 3.05) is 7.11 Å². The van der Waals surface area contributed by atoms with Gasteiger partial charge in [0.15, 0.2) is 16.3 Å². The Labute approximate surface area is 123 Å². The van der Waals surface area contributed by atoms with Crippen molar-refractivity contribution < 1.29 is 9.13 Å². The van der Waals surface area contributed by atoms with Crippen molar-refractivity contribution in [3.63, 3.8) is 0 Å². The fraction of sp³-hybridized carbons (Fsp3) is 0.533. The van der Waals surface area contributed by atoms with Crippen LogP contribution in [0, 0.1) is 10.6 Å². The van der Waals surface area contributed by atoms with E-state index in [1.54, 1.807) is 6.07 Å². The monoisotopic (exact) mass is 296 g/mol. The van der Waals surface area contributed by atoms with Crippen LogP contribution in [-0.4, -0.2) is 16.7 Å². The molecule has 1 aromatic heterocycles. The zero-order valence-corrected chi connectivity index (χ0v) is 13.0. The molecule has 0 amide bonds. The van der Waals surface area contributed by atoms with E-state index < -0.39 is 0 Å². The van der Waals surface area contributed by atoms with Crippen molar-refractivity contribution in [2.45, 2.75) is 45.6 Å². The highest BCUT2D eigenvalue weighted by molar-refractivity contribution is 7.71. The van der Waals surface area contributed by atoms with Crippen molar-refractivity contribution in [1.29, 1.82) is 0 Å². The van der Waals surface area contributed by atoms with Gasteiger partial charge in [-0.3, -0.25) is 0 Å². The van der Waals surface area contributed by atoms with Gasteiger partial charge < -0.3 is 14.3 Å². The minimum absolute atomic E-state index is 0.251. The molecule has 0 aliphatic rings. The number of methoxy groups -OCH3 is 1. The summed E-state index contributed by atoms with van der Waals surface area (Å²) in [5.41, 5.74) is 1.62. The molecule has 1 atom stereocenters. The van der Waals surface area contributed by atoms with Crippen molar-refractivity contribution >= 4 is 23.3 Å². The lowest BCUT2D eigenvalue weighted by molar-refractivity contribution is 0.387. The molecule has 1 heterocycles. The normalized spacial score (nSPS) is 12.8. The van der Waals surface area contributed by atoms with Crippen LogP contribution < -0.4 is 4.74 Å². The molecule has 2 rings (SSSR count). The summed E-state index contributed by atoms with van der Waals surface area (Å²) >= 11 is 5.37. The number of aromatic nitrogens is 2. The number of halogens is 1. The largest absolute Gasteiger partial charge is 0.494 e. The van der Waals surface area contributed by atoms with E-state index in [0.717, 1.165) is 17.5 Å². The molecular formula is C15H21FN2OS. The standard InChI is InChI=1S/C15H21FN2OS/c1-4-5-6-7-10(2)18-13-9-14(19-3)11(16)8-12(13)17-15(18)20/h8-10H,4-7H2,1-3H3,(H,17,20). The first kappa shape index (κ1) is 15.0. The number of ether oxygens (including phenoxy) is 1. The van der Waals surface area contributed by atoms with Crippen molar-refractivity contribution in [3.8, 4) is 5.75 Å². The van der Waals surface area contributed by atoms with Gasteiger partial charge >= 0.3 is 0 Å². The van der Waals surface area contributed by atoms with E-state index >= 15 is 0 Å². The third-order valence-corrected chi connectivity index (χ3v) is 3.96. The maximum absolute atomic E-state index is 13.7. The lowest BCUT2D eigenvalue weighted by atomic mass is 10.1. The first-order valence-electron chi connectivity index (χ1n) is 7.06. The third-order valence-electron chi connectivity index (χ3n) is 3.66. The highest BCUT2D eigenvalue weighted by Crippen LogP contribution is 2.28. The SMILES string of the molecule is CCCCCC(C)n1c(=S)[nH]c2cc(F)c(OC)cc21. The number of H-pyrrole nitrogens is 1. The first-order chi connectivity index (χ1) is 9.58. The van der Waals surface area contributed by atoms with Crippen LogP contribution >= 0.6 is 12.2 Å². The van der Waals surface area contributed by atoms with E-state index in [1.165, 1.54) is 32.4 Å². The van der Waals surface area contributed by atoms with Gasteiger partial charge in [0.1, 0.15) is 0 Å². The van der Waals surface area contributed by atoms with Gasteiger partial charge in [-0.05, 0) is 25.6 Å². The Hall–Kier alpha value is -1.36. The van der Waals surface area contributed by atoms with E-state index in [2.05, 4.69) is 23.4 Å². The number of aromatic amines is 1. The lowest BCUT2D eigenvalue weighted by Gasteiger charge is -2.14. The van der Waals surface area contributed by atoms with Crippen LogP contribution in [0.4, 0.5) is 4.39 Å². The number of hydrogen-bond acceptors (Lipinski definition) is 2. The second-order valence-corrected chi connectivity index (χ2v) is 5.54.